The van der Waals surface area contributed by atoms with Gasteiger partial charge in [-0.25, -0.2) is 9.97 Å². The standard InChI is InChI=1S/C27H26N4O4S/c1-17-6-4-5-7-18(17)8-13-25(32)31-27(36)30-19-9-11-20(12-10-19)35-26-21-14-23(33-2)24(34-3)15-22(21)28-16-29-26/h4-7,9-12,14-16H,8,13H2,1-3H3,(H2,30,31,32,36). The molecule has 0 radical (unpaired) electrons. The first-order chi connectivity index (χ1) is 17.5. The third kappa shape index (κ3) is 6.05. The molecule has 4 aromatic rings. The molecule has 0 bridgehead atoms. The number of hydrogen-bond acceptors (Lipinski definition) is 7. The zero-order valence-electron chi connectivity index (χ0n) is 20.2. The largest absolute Gasteiger partial charge is 0.493 e. The lowest BCUT2D eigenvalue weighted by Gasteiger charge is -2.12. The lowest BCUT2D eigenvalue weighted by atomic mass is 10.0. The Labute approximate surface area is 214 Å². The van der Waals surface area contributed by atoms with Crippen molar-refractivity contribution in [2.45, 2.75) is 19.8 Å². The number of nitrogens with one attached hydrogen (secondary N) is 2. The Balaban J connectivity index is 1.36. The van der Waals surface area contributed by atoms with Crippen molar-refractivity contribution < 1.29 is 19.0 Å². The van der Waals surface area contributed by atoms with Gasteiger partial charge in [-0.2, -0.15) is 0 Å². The number of aryl methyl sites for hydroxylation is 2. The van der Waals surface area contributed by atoms with Gasteiger partial charge in [0.15, 0.2) is 16.6 Å². The van der Waals surface area contributed by atoms with E-state index in [1.54, 1.807) is 50.6 Å². The number of carbonyl (C=O) groups excluding carboxylic acids is 1. The van der Waals surface area contributed by atoms with Crippen LogP contribution in [-0.4, -0.2) is 35.2 Å². The second kappa shape index (κ2) is 11.5. The lowest BCUT2D eigenvalue weighted by Crippen LogP contribution is -2.34. The van der Waals surface area contributed by atoms with Crippen LogP contribution >= 0.6 is 12.2 Å². The molecule has 0 atom stereocenters. The quantitative estimate of drug-likeness (QED) is 0.318. The summed E-state index contributed by atoms with van der Waals surface area (Å²) in [6, 6.07) is 18.7. The summed E-state index contributed by atoms with van der Waals surface area (Å²) in [4.78, 5) is 20.8. The van der Waals surface area contributed by atoms with Gasteiger partial charge < -0.3 is 24.8 Å². The van der Waals surface area contributed by atoms with Gasteiger partial charge in [0.05, 0.1) is 25.1 Å². The number of carbonyl (C=O) groups is 1. The van der Waals surface area contributed by atoms with E-state index in [2.05, 4.69) is 20.6 Å². The van der Waals surface area contributed by atoms with E-state index in [1.807, 2.05) is 31.2 Å². The van der Waals surface area contributed by atoms with Crippen molar-refractivity contribution in [3.63, 3.8) is 0 Å². The van der Waals surface area contributed by atoms with Gasteiger partial charge in [-0.1, -0.05) is 24.3 Å². The predicted molar refractivity (Wildman–Crippen MR) is 143 cm³/mol. The molecule has 0 unspecified atom stereocenters. The minimum atomic E-state index is -0.140. The van der Waals surface area contributed by atoms with Gasteiger partial charge in [-0.3, -0.25) is 4.79 Å². The molecule has 0 fully saturated rings. The highest BCUT2D eigenvalue weighted by molar-refractivity contribution is 7.80. The number of methoxy groups -OCH3 is 2. The number of anilines is 1. The molecular weight excluding hydrogens is 476 g/mol. The Bertz CT molecular complexity index is 1390. The van der Waals surface area contributed by atoms with Crippen molar-refractivity contribution in [3.8, 4) is 23.1 Å². The fourth-order valence-electron chi connectivity index (χ4n) is 3.65. The van der Waals surface area contributed by atoms with Crippen LogP contribution in [0.4, 0.5) is 5.69 Å². The Hall–Kier alpha value is -4.24. The van der Waals surface area contributed by atoms with Crippen molar-refractivity contribution in [1.82, 2.24) is 15.3 Å². The third-order valence-electron chi connectivity index (χ3n) is 5.57. The zero-order chi connectivity index (χ0) is 25.5. The van der Waals surface area contributed by atoms with Crippen molar-refractivity contribution in [2.75, 3.05) is 19.5 Å². The molecule has 1 aromatic heterocycles. The Kier molecular flexibility index (Phi) is 7.92. The Morgan fingerprint density at radius 2 is 1.69 bits per heavy atom. The second-order valence-electron chi connectivity index (χ2n) is 7.96. The van der Waals surface area contributed by atoms with Crippen LogP contribution in [0, 0.1) is 6.92 Å². The normalized spacial score (nSPS) is 10.5. The van der Waals surface area contributed by atoms with Crippen molar-refractivity contribution in [1.29, 1.82) is 0 Å². The van der Waals surface area contributed by atoms with E-state index in [1.165, 1.54) is 11.9 Å². The summed E-state index contributed by atoms with van der Waals surface area (Å²) in [6.07, 6.45) is 2.44. The maximum atomic E-state index is 12.3. The van der Waals surface area contributed by atoms with E-state index in [0.29, 0.717) is 52.6 Å². The van der Waals surface area contributed by atoms with Gasteiger partial charge in [0.2, 0.25) is 11.8 Å². The van der Waals surface area contributed by atoms with E-state index in [4.69, 9.17) is 26.4 Å². The summed E-state index contributed by atoms with van der Waals surface area (Å²) in [5, 5.41) is 6.67. The van der Waals surface area contributed by atoms with E-state index in [0.717, 1.165) is 5.56 Å². The summed E-state index contributed by atoms with van der Waals surface area (Å²) in [5.74, 6) is 1.95. The van der Waals surface area contributed by atoms with E-state index in [9.17, 15) is 4.79 Å². The van der Waals surface area contributed by atoms with E-state index < -0.39 is 0 Å². The van der Waals surface area contributed by atoms with Crippen LogP contribution in [0.25, 0.3) is 10.9 Å². The average molecular weight is 503 g/mol. The molecule has 1 amide bonds. The third-order valence-corrected chi connectivity index (χ3v) is 5.77. The number of benzene rings is 3. The van der Waals surface area contributed by atoms with Crippen molar-refractivity contribution in [3.05, 3.63) is 78.1 Å². The first-order valence-corrected chi connectivity index (χ1v) is 11.7. The first kappa shape index (κ1) is 24.9. The number of ether oxygens (including phenoxy) is 3. The highest BCUT2D eigenvalue weighted by atomic mass is 32.1. The molecule has 9 heteroatoms. The summed E-state index contributed by atoms with van der Waals surface area (Å²) < 4.78 is 16.7. The zero-order valence-corrected chi connectivity index (χ0v) is 21.0. The first-order valence-electron chi connectivity index (χ1n) is 11.3. The number of nitrogens with zero attached hydrogens (tertiary/aromatic N) is 2. The maximum absolute atomic E-state index is 12.3. The molecule has 0 aliphatic rings. The van der Waals surface area contributed by atoms with Crippen molar-refractivity contribution >= 4 is 39.8 Å². The molecule has 3 aromatic carbocycles. The number of rotatable bonds is 8. The summed E-state index contributed by atoms with van der Waals surface area (Å²) in [5.41, 5.74) is 3.70. The molecule has 0 aliphatic carbocycles. The number of fused-ring (bicyclic) bond motifs is 1. The molecular formula is C27H26N4O4S. The monoisotopic (exact) mass is 502 g/mol. The van der Waals surface area contributed by atoms with Crippen LogP contribution < -0.4 is 24.8 Å². The SMILES string of the molecule is COc1cc2ncnc(Oc3ccc(NC(=S)NC(=O)CCc4ccccc4C)cc3)c2cc1OC. The van der Waals surface area contributed by atoms with Gasteiger partial charge in [-0.15, -0.1) is 0 Å². The van der Waals surface area contributed by atoms with Gasteiger partial charge in [0, 0.05) is 18.2 Å². The smallest absolute Gasteiger partial charge is 0.230 e. The van der Waals surface area contributed by atoms with Gasteiger partial charge >= 0.3 is 0 Å². The van der Waals surface area contributed by atoms with Crippen LogP contribution in [0.3, 0.4) is 0 Å². The van der Waals surface area contributed by atoms with E-state index >= 15 is 0 Å². The van der Waals surface area contributed by atoms with Gasteiger partial charge in [0.25, 0.3) is 0 Å². The molecule has 184 valence electrons. The van der Waals surface area contributed by atoms with Gasteiger partial charge in [0.1, 0.15) is 12.1 Å². The number of aromatic nitrogens is 2. The van der Waals surface area contributed by atoms with Crippen LogP contribution in [0.2, 0.25) is 0 Å². The number of hydrogen-bond donors (Lipinski definition) is 2. The number of thiocarbonyl (C=S) groups is 1. The minimum absolute atomic E-state index is 0.140. The fraction of sp³-hybridized carbons (Fsp3) is 0.185. The molecule has 1 heterocycles. The van der Waals surface area contributed by atoms with Crippen LogP contribution in [0.15, 0.2) is 67.0 Å². The summed E-state index contributed by atoms with van der Waals surface area (Å²) in [7, 11) is 3.14. The molecule has 36 heavy (non-hydrogen) atoms. The van der Waals surface area contributed by atoms with Crippen molar-refractivity contribution in [2.24, 2.45) is 0 Å². The maximum Gasteiger partial charge on any atom is 0.230 e. The predicted octanol–water partition coefficient (Wildman–Crippen LogP) is 5.19. The topological polar surface area (TPSA) is 94.6 Å². The molecule has 0 aliphatic heterocycles. The minimum Gasteiger partial charge on any atom is -0.493 e. The van der Waals surface area contributed by atoms with Crippen LogP contribution in [-0.2, 0) is 11.2 Å². The van der Waals surface area contributed by atoms with Crippen LogP contribution in [0.1, 0.15) is 17.5 Å². The molecule has 2 N–H and O–H groups in total. The summed E-state index contributed by atoms with van der Waals surface area (Å²) in [6.45, 7) is 2.04. The summed E-state index contributed by atoms with van der Waals surface area (Å²) >= 11 is 5.29. The van der Waals surface area contributed by atoms with Crippen LogP contribution in [0.5, 0.6) is 23.1 Å². The average Bonchev–Trinajstić information content (AvgIpc) is 2.88. The van der Waals surface area contributed by atoms with E-state index in [-0.39, 0.29) is 11.0 Å². The molecule has 0 saturated heterocycles. The lowest BCUT2D eigenvalue weighted by molar-refractivity contribution is -0.119. The molecule has 0 saturated carbocycles. The molecule has 0 spiro atoms. The molecule has 4 rings (SSSR count). The second-order valence-corrected chi connectivity index (χ2v) is 8.37. The highest BCUT2D eigenvalue weighted by Gasteiger charge is 2.13. The fourth-order valence-corrected chi connectivity index (χ4v) is 3.88. The Morgan fingerprint density at radius 3 is 2.42 bits per heavy atom. The number of amides is 1. The Morgan fingerprint density at radius 1 is 0.972 bits per heavy atom. The highest BCUT2D eigenvalue weighted by Crippen LogP contribution is 2.35. The van der Waals surface area contributed by atoms with Gasteiger partial charge in [-0.05, 0) is 67.0 Å². The molecule has 8 nitrogen and oxygen atoms in total.